The summed E-state index contributed by atoms with van der Waals surface area (Å²) in [5, 5.41) is 3.23. The number of nitrogens with zero attached hydrogens (tertiary/aromatic N) is 2. The second-order valence-corrected chi connectivity index (χ2v) is 6.40. The lowest BCUT2D eigenvalue weighted by Gasteiger charge is -2.22. The summed E-state index contributed by atoms with van der Waals surface area (Å²) in [5.41, 5.74) is 6.83. The highest BCUT2D eigenvalue weighted by Crippen LogP contribution is 2.19. The van der Waals surface area contributed by atoms with Crippen LogP contribution in [0.4, 0.5) is 4.39 Å². The molecule has 164 valence electrons. The van der Waals surface area contributed by atoms with Gasteiger partial charge in [0.15, 0.2) is 24.1 Å². The van der Waals surface area contributed by atoms with E-state index in [1.165, 1.54) is 13.2 Å². The fraction of sp³-hybridized carbons (Fsp3) is 0.333. The van der Waals surface area contributed by atoms with Gasteiger partial charge in [-0.25, -0.2) is 9.38 Å². The van der Waals surface area contributed by atoms with Crippen molar-refractivity contribution in [3.05, 3.63) is 59.4 Å². The van der Waals surface area contributed by atoms with E-state index < -0.39 is 11.7 Å². The number of hydrogen-bond acceptors (Lipinski definition) is 4. The average Bonchev–Trinajstić information content (AvgIpc) is 2.70. The van der Waals surface area contributed by atoms with Crippen LogP contribution in [0.15, 0.2) is 47.5 Å². The first-order valence-corrected chi connectivity index (χ1v) is 9.24. The molecule has 0 saturated carbocycles. The van der Waals surface area contributed by atoms with Crippen molar-refractivity contribution in [2.24, 2.45) is 10.7 Å². The standard InChI is InChI=1S/C21H27FN4O3.HI/c1-4-24-21(26(2)13-16-8-9-19(28-3)18(22)11-16)25-12-15-6-5-7-17(10-15)29-14-20(23)27;/h5-11H,4,12-14H2,1-3H3,(H2,23,27)(H,24,25);1H. The highest BCUT2D eigenvalue weighted by molar-refractivity contribution is 14.0. The Morgan fingerprint density at radius 1 is 1.23 bits per heavy atom. The monoisotopic (exact) mass is 530 g/mol. The van der Waals surface area contributed by atoms with Crippen molar-refractivity contribution in [1.82, 2.24) is 10.2 Å². The number of carbonyl (C=O) groups excluding carboxylic acids is 1. The second kappa shape index (κ2) is 12.9. The Labute approximate surface area is 193 Å². The zero-order valence-electron chi connectivity index (χ0n) is 17.4. The quantitative estimate of drug-likeness (QED) is 0.296. The van der Waals surface area contributed by atoms with Gasteiger partial charge >= 0.3 is 0 Å². The van der Waals surface area contributed by atoms with Crippen LogP contribution in [-0.2, 0) is 17.9 Å². The lowest BCUT2D eigenvalue weighted by molar-refractivity contribution is -0.119. The minimum absolute atomic E-state index is 0. The topological polar surface area (TPSA) is 89.2 Å². The molecule has 0 aromatic heterocycles. The molecular formula is C21H28FIN4O3. The molecule has 2 aromatic rings. The number of benzene rings is 2. The van der Waals surface area contributed by atoms with Gasteiger partial charge in [0.1, 0.15) is 5.75 Å². The lowest BCUT2D eigenvalue weighted by Crippen LogP contribution is -2.38. The molecule has 0 aliphatic rings. The Morgan fingerprint density at radius 2 is 2.00 bits per heavy atom. The van der Waals surface area contributed by atoms with E-state index in [-0.39, 0.29) is 36.3 Å². The molecule has 0 fully saturated rings. The van der Waals surface area contributed by atoms with Crippen molar-refractivity contribution in [2.45, 2.75) is 20.0 Å². The van der Waals surface area contributed by atoms with Gasteiger partial charge in [-0.1, -0.05) is 18.2 Å². The molecule has 1 amide bonds. The minimum atomic E-state index is -0.528. The summed E-state index contributed by atoms with van der Waals surface area (Å²) in [6.07, 6.45) is 0. The second-order valence-electron chi connectivity index (χ2n) is 6.40. The van der Waals surface area contributed by atoms with E-state index in [4.69, 9.17) is 15.2 Å². The maximum absolute atomic E-state index is 13.9. The number of nitrogens with two attached hydrogens (primary N) is 1. The third-order valence-electron chi connectivity index (χ3n) is 4.02. The summed E-state index contributed by atoms with van der Waals surface area (Å²) in [7, 11) is 3.32. The van der Waals surface area contributed by atoms with Crippen molar-refractivity contribution in [3.63, 3.8) is 0 Å². The fourth-order valence-corrected chi connectivity index (χ4v) is 2.68. The van der Waals surface area contributed by atoms with E-state index in [0.717, 1.165) is 11.1 Å². The Morgan fingerprint density at radius 3 is 2.63 bits per heavy atom. The number of guanidine groups is 1. The molecule has 0 heterocycles. The van der Waals surface area contributed by atoms with E-state index in [9.17, 15) is 9.18 Å². The maximum atomic E-state index is 13.9. The molecule has 0 bridgehead atoms. The van der Waals surface area contributed by atoms with Crippen LogP contribution in [0.2, 0.25) is 0 Å². The van der Waals surface area contributed by atoms with E-state index >= 15 is 0 Å². The van der Waals surface area contributed by atoms with Gasteiger partial charge in [-0.15, -0.1) is 24.0 Å². The number of ether oxygens (including phenoxy) is 2. The summed E-state index contributed by atoms with van der Waals surface area (Å²) >= 11 is 0. The lowest BCUT2D eigenvalue weighted by atomic mass is 10.2. The zero-order chi connectivity index (χ0) is 21.2. The third kappa shape index (κ3) is 8.05. The fourth-order valence-electron chi connectivity index (χ4n) is 2.68. The minimum Gasteiger partial charge on any atom is -0.494 e. The van der Waals surface area contributed by atoms with Crippen LogP contribution in [-0.4, -0.2) is 44.1 Å². The van der Waals surface area contributed by atoms with Gasteiger partial charge in [-0.3, -0.25) is 4.79 Å². The van der Waals surface area contributed by atoms with Crippen LogP contribution in [0.1, 0.15) is 18.1 Å². The summed E-state index contributed by atoms with van der Waals surface area (Å²) in [5.74, 6) is 0.540. The van der Waals surface area contributed by atoms with E-state index in [2.05, 4.69) is 10.3 Å². The SMILES string of the molecule is CCNC(=NCc1cccc(OCC(N)=O)c1)N(C)Cc1ccc(OC)c(F)c1.I. The van der Waals surface area contributed by atoms with Crippen molar-refractivity contribution in [3.8, 4) is 11.5 Å². The van der Waals surface area contributed by atoms with Gasteiger partial charge < -0.3 is 25.4 Å². The molecule has 0 aliphatic heterocycles. The molecule has 0 atom stereocenters. The molecule has 9 heteroatoms. The van der Waals surface area contributed by atoms with Crippen LogP contribution in [0.25, 0.3) is 0 Å². The van der Waals surface area contributed by atoms with Gasteiger partial charge in [0, 0.05) is 20.1 Å². The van der Waals surface area contributed by atoms with Crippen LogP contribution < -0.4 is 20.5 Å². The first-order valence-electron chi connectivity index (χ1n) is 9.24. The largest absolute Gasteiger partial charge is 0.494 e. The molecular weight excluding hydrogens is 502 g/mol. The molecule has 0 spiro atoms. The summed E-state index contributed by atoms with van der Waals surface area (Å²) in [6, 6.07) is 12.2. The molecule has 7 nitrogen and oxygen atoms in total. The van der Waals surface area contributed by atoms with E-state index in [0.29, 0.717) is 31.3 Å². The molecule has 0 saturated heterocycles. The van der Waals surface area contributed by atoms with E-state index in [1.807, 2.05) is 43.1 Å². The number of methoxy groups -OCH3 is 1. The van der Waals surface area contributed by atoms with Gasteiger partial charge in [0.05, 0.1) is 13.7 Å². The number of nitrogens with one attached hydrogen (secondary N) is 1. The number of halogens is 2. The summed E-state index contributed by atoms with van der Waals surface area (Å²) < 4.78 is 24.2. The van der Waals surface area contributed by atoms with Crippen molar-refractivity contribution in [2.75, 3.05) is 27.3 Å². The molecule has 0 radical (unpaired) electrons. The van der Waals surface area contributed by atoms with Crippen LogP contribution >= 0.6 is 24.0 Å². The first-order chi connectivity index (χ1) is 13.9. The highest BCUT2D eigenvalue weighted by Gasteiger charge is 2.09. The third-order valence-corrected chi connectivity index (χ3v) is 4.02. The number of aliphatic imine (C=N–C) groups is 1. The van der Waals surface area contributed by atoms with Gasteiger partial charge in [0.25, 0.3) is 5.91 Å². The van der Waals surface area contributed by atoms with Crippen LogP contribution in [0.5, 0.6) is 11.5 Å². The average molecular weight is 530 g/mol. The molecule has 2 aromatic carbocycles. The van der Waals surface area contributed by atoms with Gasteiger partial charge in [-0.2, -0.15) is 0 Å². The molecule has 30 heavy (non-hydrogen) atoms. The van der Waals surface area contributed by atoms with Gasteiger partial charge in [0.2, 0.25) is 0 Å². The van der Waals surface area contributed by atoms with Crippen LogP contribution in [0.3, 0.4) is 0 Å². The predicted octanol–water partition coefficient (Wildman–Crippen LogP) is 2.91. The zero-order valence-corrected chi connectivity index (χ0v) is 19.7. The number of amides is 1. The van der Waals surface area contributed by atoms with Crippen LogP contribution in [0, 0.1) is 5.82 Å². The summed E-state index contributed by atoms with van der Waals surface area (Å²) in [6.45, 7) is 3.40. The smallest absolute Gasteiger partial charge is 0.255 e. The normalized spacial score (nSPS) is 10.7. The Hall–Kier alpha value is -2.56. The Balaban J connectivity index is 0.00000450. The number of primary amides is 1. The van der Waals surface area contributed by atoms with Gasteiger partial charge in [-0.05, 0) is 42.3 Å². The molecule has 2 rings (SSSR count). The number of rotatable bonds is 9. The Kier molecular flexibility index (Phi) is 10.9. The highest BCUT2D eigenvalue weighted by atomic mass is 127. The summed E-state index contributed by atoms with van der Waals surface area (Å²) in [4.78, 5) is 17.4. The van der Waals surface area contributed by atoms with Crippen molar-refractivity contribution in [1.29, 1.82) is 0 Å². The van der Waals surface area contributed by atoms with Crippen molar-refractivity contribution >= 4 is 35.8 Å². The predicted molar refractivity (Wildman–Crippen MR) is 126 cm³/mol. The number of carbonyl (C=O) groups is 1. The molecule has 0 aliphatic carbocycles. The van der Waals surface area contributed by atoms with E-state index in [1.54, 1.807) is 12.1 Å². The maximum Gasteiger partial charge on any atom is 0.255 e. The molecule has 3 N–H and O–H groups in total. The number of hydrogen-bond donors (Lipinski definition) is 2. The molecule has 0 unspecified atom stereocenters. The first kappa shape index (κ1) is 25.5. The van der Waals surface area contributed by atoms with Crippen molar-refractivity contribution < 1.29 is 18.7 Å². The Bertz CT molecular complexity index is 864.